The fourth-order valence-corrected chi connectivity index (χ4v) is 4.43. The highest BCUT2D eigenvalue weighted by atomic mass is 32.2. The highest BCUT2D eigenvalue weighted by Gasteiger charge is 2.06. The molecule has 8 nitrogen and oxygen atoms in total. The standard InChI is InChI=1S/C32H32N6O2S/c1-37(27-9-5-3-6-10-27)29-17-13-25(14-18-29)21-33-35-31(39)23-41-24-32(40)36-34-22-26-15-19-30(20-16-26)38(2)28-11-7-4-8-12-28/h3-22H,23-24H2,1-2H3,(H,35,39)(H,36,40). The van der Waals surface area contributed by atoms with Gasteiger partial charge in [0.2, 0.25) is 11.8 Å². The molecule has 0 heterocycles. The van der Waals surface area contributed by atoms with Crippen LogP contribution in [0.25, 0.3) is 0 Å². The van der Waals surface area contributed by atoms with Gasteiger partial charge in [-0.2, -0.15) is 10.2 Å². The van der Waals surface area contributed by atoms with Crippen LogP contribution in [0.2, 0.25) is 0 Å². The molecule has 0 aliphatic carbocycles. The normalized spacial score (nSPS) is 11.0. The van der Waals surface area contributed by atoms with E-state index in [0.717, 1.165) is 33.9 Å². The maximum Gasteiger partial charge on any atom is 0.250 e. The Hall–Kier alpha value is -4.89. The molecular formula is C32H32N6O2S. The SMILES string of the molecule is CN(c1ccccc1)c1ccc(C=NNC(=O)CSCC(=O)NN=Cc2ccc(N(C)c3ccccc3)cc2)cc1. The van der Waals surface area contributed by atoms with Gasteiger partial charge in [0.1, 0.15) is 0 Å². The number of hydrazone groups is 2. The molecule has 0 unspecified atom stereocenters. The van der Waals surface area contributed by atoms with E-state index in [2.05, 4.69) is 30.9 Å². The third-order valence-corrected chi connectivity index (χ3v) is 7.05. The summed E-state index contributed by atoms with van der Waals surface area (Å²) in [6, 6.07) is 35.9. The van der Waals surface area contributed by atoms with Gasteiger partial charge in [-0.25, -0.2) is 10.9 Å². The van der Waals surface area contributed by atoms with Crippen molar-refractivity contribution in [1.82, 2.24) is 10.9 Å². The smallest absolute Gasteiger partial charge is 0.250 e. The Labute approximate surface area is 244 Å². The lowest BCUT2D eigenvalue weighted by Crippen LogP contribution is -2.23. The maximum atomic E-state index is 12.1. The molecule has 0 atom stereocenters. The summed E-state index contributed by atoms with van der Waals surface area (Å²) in [6.45, 7) is 0. The number of anilines is 4. The van der Waals surface area contributed by atoms with Crippen molar-refractivity contribution in [1.29, 1.82) is 0 Å². The molecule has 0 spiro atoms. The average molecular weight is 565 g/mol. The van der Waals surface area contributed by atoms with Crippen LogP contribution < -0.4 is 20.7 Å². The second-order valence-corrected chi connectivity index (χ2v) is 10.0. The number of nitrogens with zero attached hydrogens (tertiary/aromatic N) is 4. The first-order valence-electron chi connectivity index (χ1n) is 13.0. The van der Waals surface area contributed by atoms with Crippen LogP contribution in [0.1, 0.15) is 11.1 Å². The number of hydrogen-bond acceptors (Lipinski definition) is 7. The van der Waals surface area contributed by atoms with Gasteiger partial charge in [0, 0.05) is 36.8 Å². The summed E-state index contributed by atoms with van der Waals surface area (Å²) in [5.41, 5.74) is 11.0. The number of benzene rings is 4. The van der Waals surface area contributed by atoms with Crippen LogP contribution >= 0.6 is 11.8 Å². The predicted octanol–water partition coefficient (Wildman–Crippen LogP) is 5.56. The van der Waals surface area contributed by atoms with Gasteiger partial charge in [-0.05, 0) is 59.7 Å². The monoisotopic (exact) mass is 564 g/mol. The van der Waals surface area contributed by atoms with Crippen LogP contribution in [-0.2, 0) is 9.59 Å². The predicted molar refractivity (Wildman–Crippen MR) is 171 cm³/mol. The van der Waals surface area contributed by atoms with Gasteiger partial charge in [0.05, 0.1) is 23.9 Å². The molecule has 0 saturated carbocycles. The highest BCUT2D eigenvalue weighted by Crippen LogP contribution is 2.24. The number of thioether (sulfide) groups is 1. The summed E-state index contributed by atoms with van der Waals surface area (Å²) in [6.07, 6.45) is 3.17. The number of carbonyl (C=O) groups is 2. The summed E-state index contributed by atoms with van der Waals surface area (Å²) in [4.78, 5) is 28.3. The number of para-hydroxylation sites is 2. The molecule has 4 aromatic carbocycles. The lowest BCUT2D eigenvalue weighted by atomic mass is 10.2. The third-order valence-electron chi connectivity index (χ3n) is 6.12. The lowest BCUT2D eigenvalue weighted by Gasteiger charge is -2.19. The van der Waals surface area contributed by atoms with Crippen molar-refractivity contribution in [3.63, 3.8) is 0 Å². The van der Waals surface area contributed by atoms with Crippen molar-refractivity contribution < 1.29 is 9.59 Å². The van der Waals surface area contributed by atoms with Gasteiger partial charge < -0.3 is 9.80 Å². The Morgan fingerprint density at radius 3 is 1.29 bits per heavy atom. The van der Waals surface area contributed by atoms with E-state index in [4.69, 9.17) is 0 Å². The Morgan fingerprint density at radius 1 is 0.585 bits per heavy atom. The molecule has 208 valence electrons. The van der Waals surface area contributed by atoms with Crippen molar-refractivity contribution in [2.45, 2.75) is 0 Å². The van der Waals surface area contributed by atoms with E-state index in [9.17, 15) is 9.59 Å². The quantitative estimate of drug-likeness (QED) is 0.174. The summed E-state index contributed by atoms with van der Waals surface area (Å²) >= 11 is 1.19. The fraction of sp³-hybridized carbons (Fsp3) is 0.125. The van der Waals surface area contributed by atoms with E-state index >= 15 is 0 Å². The third kappa shape index (κ3) is 9.08. The van der Waals surface area contributed by atoms with E-state index in [-0.39, 0.29) is 23.3 Å². The molecule has 0 bridgehead atoms. The summed E-state index contributed by atoms with van der Waals surface area (Å²) in [7, 11) is 4.02. The first kappa shape index (κ1) is 29.1. The maximum absolute atomic E-state index is 12.1. The van der Waals surface area contributed by atoms with Crippen molar-refractivity contribution in [3.8, 4) is 0 Å². The number of nitrogens with one attached hydrogen (secondary N) is 2. The minimum absolute atomic E-state index is 0.103. The fourth-order valence-electron chi connectivity index (χ4n) is 3.83. The zero-order valence-electron chi connectivity index (χ0n) is 23.0. The average Bonchev–Trinajstić information content (AvgIpc) is 3.02. The Kier molecular flexibility index (Phi) is 10.7. The second kappa shape index (κ2) is 15.0. The summed E-state index contributed by atoms with van der Waals surface area (Å²) in [5, 5.41) is 8.02. The molecule has 4 aromatic rings. The van der Waals surface area contributed by atoms with Crippen molar-refractivity contribution in [2.24, 2.45) is 10.2 Å². The summed E-state index contributed by atoms with van der Waals surface area (Å²) < 4.78 is 0. The second-order valence-electron chi connectivity index (χ2n) is 9.05. The molecule has 2 amide bonds. The first-order valence-corrected chi connectivity index (χ1v) is 14.1. The summed E-state index contributed by atoms with van der Waals surface area (Å²) in [5.74, 6) is -0.371. The van der Waals surface area contributed by atoms with Gasteiger partial charge in [0.15, 0.2) is 0 Å². The van der Waals surface area contributed by atoms with Crippen molar-refractivity contribution >= 4 is 58.8 Å². The zero-order valence-corrected chi connectivity index (χ0v) is 23.8. The molecule has 2 N–H and O–H groups in total. The van der Waals surface area contributed by atoms with Crippen LogP contribution in [-0.4, -0.2) is 49.8 Å². The minimum Gasteiger partial charge on any atom is -0.345 e. The Morgan fingerprint density at radius 2 is 0.927 bits per heavy atom. The molecular weight excluding hydrogens is 532 g/mol. The van der Waals surface area contributed by atoms with Gasteiger partial charge in [-0.15, -0.1) is 11.8 Å². The molecule has 4 rings (SSSR count). The van der Waals surface area contributed by atoms with Crippen molar-refractivity contribution in [3.05, 3.63) is 120 Å². The molecule has 41 heavy (non-hydrogen) atoms. The lowest BCUT2D eigenvalue weighted by molar-refractivity contribution is -0.118. The topological polar surface area (TPSA) is 89.4 Å². The molecule has 0 aromatic heterocycles. The van der Waals surface area contributed by atoms with E-state index in [0.29, 0.717) is 0 Å². The van der Waals surface area contributed by atoms with E-state index in [1.807, 2.05) is 123 Å². The van der Waals surface area contributed by atoms with Crippen LogP contribution in [0.3, 0.4) is 0 Å². The number of hydrogen-bond donors (Lipinski definition) is 2. The molecule has 0 fully saturated rings. The van der Waals surface area contributed by atoms with Crippen molar-refractivity contribution in [2.75, 3.05) is 35.4 Å². The van der Waals surface area contributed by atoms with Crippen LogP contribution in [0.5, 0.6) is 0 Å². The van der Waals surface area contributed by atoms with Crippen LogP contribution in [0.15, 0.2) is 119 Å². The van der Waals surface area contributed by atoms with E-state index in [1.54, 1.807) is 12.4 Å². The Balaban J connectivity index is 1.13. The minimum atomic E-state index is -0.288. The molecule has 9 heteroatoms. The van der Waals surface area contributed by atoms with Gasteiger partial charge in [0.25, 0.3) is 0 Å². The first-order chi connectivity index (χ1) is 20.0. The number of amides is 2. The van der Waals surface area contributed by atoms with E-state index < -0.39 is 0 Å². The van der Waals surface area contributed by atoms with Crippen LogP contribution in [0.4, 0.5) is 22.7 Å². The molecule has 0 aliphatic heterocycles. The largest absolute Gasteiger partial charge is 0.345 e. The van der Waals surface area contributed by atoms with Gasteiger partial charge >= 0.3 is 0 Å². The van der Waals surface area contributed by atoms with Gasteiger partial charge in [-0.1, -0.05) is 60.7 Å². The zero-order chi connectivity index (χ0) is 28.9. The molecule has 0 saturated heterocycles. The Bertz CT molecular complexity index is 1350. The highest BCUT2D eigenvalue weighted by molar-refractivity contribution is 8.00. The molecule has 0 radical (unpaired) electrons. The molecule has 0 aliphatic rings. The van der Waals surface area contributed by atoms with Gasteiger partial charge in [-0.3, -0.25) is 9.59 Å². The van der Waals surface area contributed by atoms with E-state index in [1.165, 1.54) is 11.8 Å². The van der Waals surface area contributed by atoms with Crippen LogP contribution in [0, 0.1) is 0 Å². The number of rotatable bonds is 12. The number of carbonyl (C=O) groups excluding carboxylic acids is 2.